The van der Waals surface area contributed by atoms with E-state index in [4.69, 9.17) is 42.4 Å². The van der Waals surface area contributed by atoms with E-state index in [1.54, 1.807) is 37.3 Å². The largest absolute Gasteiger partial charge is 0.483 e. The number of aliphatic imine (C=N–C) groups is 2. The Labute approximate surface area is 180 Å². The van der Waals surface area contributed by atoms with Crippen LogP contribution in [0.1, 0.15) is 25.8 Å². The van der Waals surface area contributed by atoms with Crippen LogP contribution in [0, 0.1) is 5.92 Å². The Balaban J connectivity index is 1.79. The molecule has 1 aromatic carbocycles. The number of methoxy groups -OCH3 is 2. The highest BCUT2D eigenvalue weighted by atomic mass is 35.5. The zero-order chi connectivity index (χ0) is 21.1. The maximum absolute atomic E-state index is 12.3. The molecule has 2 aliphatic heterocycles. The van der Waals surface area contributed by atoms with Gasteiger partial charge >= 0.3 is 6.09 Å². The highest BCUT2D eigenvalue weighted by molar-refractivity contribution is 6.34. The Morgan fingerprint density at radius 3 is 2.38 bits per heavy atom. The third-order valence-electron chi connectivity index (χ3n) is 4.98. The van der Waals surface area contributed by atoms with Gasteiger partial charge in [-0.15, -0.1) is 0 Å². The van der Waals surface area contributed by atoms with Gasteiger partial charge in [0.15, 0.2) is 0 Å². The maximum atomic E-state index is 12.3. The molecule has 1 aromatic rings. The van der Waals surface area contributed by atoms with Crippen LogP contribution in [0.3, 0.4) is 0 Å². The predicted molar refractivity (Wildman–Crippen MR) is 113 cm³/mol. The van der Waals surface area contributed by atoms with E-state index in [0.717, 1.165) is 5.56 Å². The molecule has 0 bridgehead atoms. The quantitative estimate of drug-likeness (QED) is 0.685. The topological polar surface area (TPSA) is 72.7 Å². The molecular weight excluding hydrogens is 417 g/mol. The number of rotatable bonds is 5. The van der Waals surface area contributed by atoms with Crippen molar-refractivity contribution in [3.8, 4) is 0 Å². The number of carbonyl (C=O) groups is 1. The summed E-state index contributed by atoms with van der Waals surface area (Å²) in [6.45, 7) is 4.72. The molecule has 0 spiro atoms. The lowest BCUT2D eigenvalue weighted by Crippen LogP contribution is -2.42. The minimum atomic E-state index is -0.381. The lowest BCUT2D eigenvalue weighted by atomic mass is 10.0. The van der Waals surface area contributed by atoms with Gasteiger partial charge in [-0.1, -0.05) is 37.0 Å². The number of benzene rings is 1. The second kappa shape index (κ2) is 9.22. The summed E-state index contributed by atoms with van der Waals surface area (Å²) in [6, 6.07) is 4.50. The summed E-state index contributed by atoms with van der Waals surface area (Å²) >= 11 is 12.2. The molecule has 1 fully saturated rings. The molecule has 29 heavy (non-hydrogen) atoms. The van der Waals surface area contributed by atoms with Crippen LogP contribution in [0.2, 0.25) is 10.0 Å². The Hall–Kier alpha value is -1.99. The van der Waals surface area contributed by atoms with Crippen molar-refractivity contribution in [1.29, 1.82) is 0 Å². The smallest absolute Gasteiger partial charge is 0.410 e. The zero-order valence-electron chi connectivity index (χ0n) is 16.9. The lowest BCUT2D eigenvalue weighted by Gasteiger charge is -2.29. The van der Waals surface area contributed by atoms with Crippen LogP contribution in [0.15, 0.2) is 28.2 Å². The second-order valence-electron chi connectivity index (χ2n) is 7.42. The number of hydrogen-bond acceptors (Lipinski definition) is 6. The summed E-state index contributed by atoms with van der Waals surface area (Å²) in [4.78, 5) is 23.4. The fraction of sp³-hybridized carbons (Fsp3) is 0.550. The highest BCUT2D eigenvalue weighted by Crippen LogP contribution is 2.27. The average molecular weight is 442 g/mol. The van der Waals surface area contributed by atoms with Gasteiger partial charge in [0.05, 0.1) is 20.3 Å². The van der Waals surface area contributed by atoms with Gasteiger partial charge in [0, 0.05) is 23.0 Å². The fourth-order valence-corrected chi connectivity index (χ4v) is 4.12. The Bertz CT molecular complexity index is 808. The van der Waals surface area contributed by atoms with E-state index in [-0.39, 0.29) is 36.7 Å². The summed E-state index contributed by atoms with van der Waals surface area (Å²) in [5.74, 6) is 1.33. The van der Waals surface area contributed by atoms with Gasteiger partial charge in [-0.3, -0.25) is 4.90 Å². The van der Waals surface area contributed by atoms with Crippen LogP contribution in [0.4, 0.5) is 4.79 Å². The van der Waals surface area contributed by atoms with Crippen LogP contribution in [0.5, 0.6) is 0 Å². The lowest BCUT2D eigenvalue weighted by molar-refractivity contribution is 0.156. The Morgan fingerprint density at radius 2 is 1.79 bits per heavy atom. The fourth-order valence-electron chi connectivity index (χ4n) is 3.55. The van der Waals surface area contributed by atoms with Crippen molar-refractivity contribution in [2.45, 2.75) is 44.9 Å². The number of nitrogens with zero attached hydrogens (tertiary/aromatic N) is 3. The van der Waals surface area contributed by atoms with Gasteiger partial charge in [0.25, 0.3) is 0 Å². The van der Waals surface area contributed by atoms with Crippen molar-refractivity contribution in [1.82, 2.24) is 4.90 Å². The Kier molecular flexibility index (Phi) is 6.90. The molecule has 1 saturated heterocycles. The first kappa shape index (κ1) is 21.7. The zero-order valence-corrected chi connectivity index (χ0v) is 18.4. The predicted octanol–water partition coefficient (Wildman–Crippen LogP) is 4.20. The standard InChI is InChI=1S/C20H25Cl2N3O4/c1-11(2)17-19(28-4)23-16(18(24-17)27-3)8-15-10-29-20(26)25(15)9-12-5-13(21)7-14(22)6-12/h5-7,11,15-17H,8-10H2,1-4H3. The van der Waals surface area contributed by atoms with Crippen LogP contribution < -0.4 is 0 Å². The van der Waals surface area contributed by atoms with Crippen LogP contribution >= 0.6 is 23.2 Å². The SMILES string of the molecule is COC1=NC(C(C)C)C(OC)=NC1CC1COC(=O)N1Cc1cc(Cl)cc(Cl)c1. The number of hydrogen-bond donors (Lipinski definition) is 0. The summed E-state index contributed by atoms with van der Waals surface area (Å²) in [5.41, 5.74) is 0.830. The molecule has 2 heterocycles. The third kappa shape index (κ3) is 4.95. The molecule has 3 atom stereocenters. The Morgan fingerprint density at radius 1 is 1.14 bits per heavy atom. The minimum absolute atomic E-state index is 0.183. The van der Waals surface area contributed by atoms with E-state index >= 15 is 0 Å². The van der Waals surface area contributed by atoms with Crippen LogP contribution in [-0.2, 0) is 20.8 Å². The molecule has 0 radical (unpaired) electrons. The van der Waals surface area contributed by atoms with Crippen molar-refractivity contribution in [3.63, 3.8) is 0 Å². The molecule has 158 valence electrons. The van der Waals surface area contributed by atoms with Crippen LogP contribution in [0.25, 0.3) is 0 Å². The minimum Gasteiger partial charge on any atom is -0.483 e. The highest BCUT2D eigenvalue weighted by Gasteiger charge is 2.38. The second-order valence-corrected chi connectivity index (χ2v) is 8.29. The molecule has 0 saturated carbocycles. The number of halogens is 2. The van der Waals surface area contributed by atoms with Crippen LogP contribution in [-0.4, -0.2) is 61.7 Å². The molecule has 9 heteroatoms. The van der Waals surface area contributed by atoms with Gasteiger partial charge in [-0.25, -0.2) is 14.8 Å². The molecule has 0 aliphatic carbocycles. The van der Waals surface area contributed by atoms with Crippen molar-refractivity contribution in [2.75, 3.05) is 20.8 Å². The van der Waals surface area contributed by atoms with E-state index < -0.39 is 0 Å². The van der Waals surface area contributed by atoms with E-state index in [9.17, 15) is 4.79 Å². The van der Waals surface area contributed by atoms with Crippen molar-refractivity contribution in [2.24, 2.45) is 15.9 Å². The molecule has 3 rings (SSSR count). The molecule has 0 N–H and O–H groups in total. The average Bonchev–Trinajstić information content (AvgIpc) is 3.00. The molecule has 2 aliphatic rings. The molecule has 1 amide bonds. The van der Waals surface area contributed by atoms with Crippen molar-refractivity contribution >= 4 is 41.1 Å². The van der Waals surface area contributed by atoms with E-state index in [0.29, 0.717) is 34.8 Å². The number of carbonyl (C=O) groups excluding carboxylic acids is 1. The first-order valence-corrected chi connectivity index (χ1v) is 10.2. The monoisotopic (exact) mass is 441 g/mol. The third-order valence-corrected chi connectivity index (χ3v) is 5.42. The summed E-state index contributed by atoms with van der Waals surface area (Å²) in [5, 5.41) is 1.04. The van der Waals surface area contributed by atoms with Crippen molar-refractivity contribution < 1.29 is 19.0 Å². The van der Waals surface area contributed by atoms with Gasteiger partial charge in [-0.05, 0) is 29.7 Å². The molecule has 0 aromatic heterocycles. The molecule has 7 nitrogen and oxygen atoms in total. The van der Waals surface area contributed by atoms with Gasteiger partial charge in [-0.2, -0.15) is 0 Å². The summed E-state index contributed by atoms with van der Waals surface area (Å²) < 4.78 is 16.3. The number of ether oxygens (including phenoxy) is 3. The summed E-state index contributed by atoms with van der Waals surface area (Å²) in [6.07, 6.45) is 0.124. The van der Waals surface area contributed by atoms with Gasteiger partial charge in [0.1, 0.15) is 18.7 Å². The maximum Gasteiger partial charge on any atom is 0.410 e. The first-order chi connectivity index (χ1) is 13.8. The van der Waals surface area contributed by atoms with Crippen molar-refractivity contribution in [3.05, 3.63) is 33.8 Å². The van der Waals surface area contributed by atoms with E-state index in [1.807, 2.05) is 0 Å². The van der Waals surface area contributed by atoms with E-state index in [1.165, 1.54) is 0 Å². The normalized spacial score (nSPS) is 24.3. The number of amides is 1. The van der Waals surface area contributed by atoms with Gasteiger partial charge < -0.3 is 14.2 Å². The summed E-state index contributed by atoms with van der Waals surface area (Å²) in [7, 11) is 3.18. The molecular formula is C20H25Cl2N3O4. The first-order valence-electron chi connectivity index (χ1n) is 9.44. The van der Waals surface area contributed by atoms with E-state index in [2.05, 4.69) is 18.8 Å². The number of cyclic esters (lactones) is 1. The van der Waals surface area contributed by atoms with Gasteiger partial charge in [0.2, 0.25) is 11.8 Å². The molecule has 3 unspecified atom stereocenters.